The highest BCUT2D eigenvalue weighted by molar-refractivity contribution is 7.99. The second kappa shape index (κ2) is 8.39. The van der Waals surface area contributed by atoms with Crippen LogP contribution in [-0.4, -0.2) is 35.2 Å². The summed E-state index contributed by atoms with van der Waals surface area (Å²) in [7, 11) is 0. The van der Waals surface area contributed by atoms with Crippen molar-refractivity contribution in [3.63, 3.8) is 0 Å². The van der Waals surface area contributed by atoms with E-state index in [0.717, 1.165) is 18.4 Å². The molecule has 1 aromatic carbocycles. The zero-order valence-electron chi connectivity index (χ0n) is 14.0. The molecule has 1 fully saturated rings. The molecule has 0 N–H and O–H groups in total. The highest BCUT2D eigenvalue weighted by Crippen LogP contribution is 2.42. The number of carbonyl (C=O) groups is 2. The van der Waals surface area contributed by atoms with Crippen molar-refractivity contribution in [2.45, 2.75) is 45.0 Å². The van der Waals surface area contributed by atoms with Crippen LogP contribution in [0.5, 0.6) is 0 Å². The van der Waals surface area contributed by atoms with E-state index in [1.807, 2.05) is 44.2 Å². The Morgan fingerprint density at radius 1 is 1.30 bits per heavy atom. The second-order valence-electron chi connectivity index (χ2n) is 6.03. The number of ether oxygens (including phenoxy) is 1. The topological polar surface area (TPSA) is 46.6 Å². The van der Waals surface area contributed by atoms with E-state index in [2.05, 4.69) is 6.92 Å². The number of benzene rings is 1. The zero-order valence-corrected chi connectivity index (χ0v) is 14.8. The van der Waals surface area contributed by atoms with Gasteiger partial charge in [-0.05, 0) is 12.0 Å². The van der Waals surface area contributed by atoms with Gasteiger partial charge in [-0.2, -0.15) is 0 Å². The number of rotatable bonds is 6. The van der Waals surface area contributed by atoms with Crippen LogP contribution in [0, 0.1) is 5.92 Å². The van der Waals surface area contributed by atoms with Crippen LogP contribution < -0.4 is 0 Å². The molecule has 0 aromatic heterocycles. The molecular formula is C18H25NO3S. The summed E-state index contributed by atoms with van der Waals surface area (Å²) in [5.41, 5.74) is 1.05. The first-order valence-corrected chi connectivity index (χ1v) is 9.26. The molecular weight excluding hydrogens is 310 g/mol. The van der Waals surface area contributed by atoms with E-state index in [1.54, 1.807) is 16.7 Å². The summed E-state index contributed by atoms with van der Waals surface area (Å²) in [4.78, 5) is 26.8. The highest BCUT2D eigenvalue weighted by atomic mass is 32.2. The Morgan fingerprint density at radius 3 is 2.61 bits per heavy atom. The Kier molecular flexibility index (Phi) is 6.51. The molecule has 1 heterocycles. The van der Waals surface area contributed by atoms with Crippen LogP contribution in [0.2, 0.25) is 0 Å². The molecule has 2 unspecified atom stereocenters. The average molecular weight is 335 g/mol. The van der Waals surface area contributed by atoms with Gasteiger partial charge in [0.25, 0.3) is 0 Å². The number of unbranched alkanes of at least 4 members (excludes halogenated alkanes) is 1. The summed E-state index contributed by atoms with van der Waals surface area (Å²) in [5.74, 6) is 0.161. The fraction of sp³-hybridized carbons (Fsp3) is 0.556. The largest absolute Gasteiger partial charge is 0.464 e. The molecule has 2 atom stereocenters. The van der Waals surface area contributed by atoms with Crippen LogP contribution in [0.15, 0.2) is 30.3 Å². The highest BCUT2D eigenvalue weighted by Gasteiger charge is 2.43. The number of hydrogen-bond donors (Lipinski definition) is 0. The molecule has 1 aliphatic rings. The molecule has 0 aliphatic carbocycles. The first-order valence-electron chi connectivity index (χ1n) is 8.21. The predicted molar refractivity (Wildman–Crippen MR) is 93.0 cm³/mol. The van der Waals surface area contributed by atoms with Crippen LogP contribution in [0.1, 0.15) is 44.6 Å². The van der Waals surface area contributed by atoms with Crippen molar-refractivity contribution in [1.82, 2.24) is 4.90 Å². The Hall–Kier alpha value is -1.49. The Morgan fingerprint density at radius 2 is 2.00 bits per heavy atom. The molecule has 23 heavy (non-hydrogen) atoms. The third-order valence-electron chi connectivity index (χ3n) is 3.85. The molecule has 0 spiro atoms. The lowest BCUT2D eigenvalue weighted by molar-refractivity contribution is -0.155. The number of hydrogen-bond acceptors (Lipinski definition) is 4. The quantitative estimate of drug-likeness (QED) is 0.588. The smallest absolute Gasteiger partial charge is 0.329 e. The predicted octanol–water partition coefficient (Wildman–Crippen LogP) is 3.63. The minimum absolute atomic E-state index is 0.00120. The van der Waals surface area contributed by atoms with Crippen molar-refractivity contribution >= 4 is 23.6 Å². The van der Waals surface area contributed by atoms with Gasteiger partial charge in [-0.1, -0.05) is 57.5 Å². The lowest BCUT2D eigenvalue weighted by Gasteiger charge is -2.30. The summed E-state index contributed by atoms with van der Waals surface area (Å²) in [6.07, 6.45) is 1.83. The molecule has 4 nitrogen and oxygen atoms in total. The van der Waals surface area contributed by atoms with Gasteiger partial charge in [0.05, 0.1) is 6.61 Å². The van der Waals surface area contributed by atoms with Crippen molar-refractivity contribution in [3.8, 4) is 0 Å². The minimum atomic E-state index is -0.489. The van der Waals surface area contributed by atoms with Gasteiger partial charge in [-0.15, -0.1) is 11.8 Å². The van der Waals surface area contributed by atoms with Crippen LogP contribution in [-0.2, 0) is 14.3 Å². The average Bonchev–Trinajstić information content (AvgIpc) is 2.99. The van der Waals surface area contributed by atoms with Crippen LogP contribution in [0.3, 0.4) is 0 Å². The summed E-state index contributed by atoms with van der Waals surface area (Å²) in [6, 6.07) is 9.39. The molecule has 0 bridgehead atoms. The minimum Gasteiger partial charge on any atom is -0.464 e. The fourth-order valence-corrected chi connectivity index (χ4v) is 3.97. The van der Waals surface area contributed by atoms with E-state index >= 15 is 0 Å². The van der Waals surface area contributed by atoms with Gasteiger partial charge in [0.1, 0.15) is 11.4 Å². The SMILES string of the molecule is CCCCOC(=O)C1CSC(c2ccccc2)N1C(=O)C(C)C. The number of nitrogens with zero attached hydrogens (tertiary/aromatic N) is 1. The van der Waals surface area contributed by atoms with Crippen molar-refractivity contribution in [1.29, 1.82) is 0 Å². The maximum atomic E-state index is 12.7. The summed E-state index contributed by atoms with van der Waals surface area (Å²) in [5, 5.41) is -0.116. The molecule has 5 heteroatoms. The molecule has 1 aliphatic heterocycles. The molecule has 0 radical (unpaired) electrons. The van der Waals surface area contributed by atoms with E-state index < -0.39 is 6.04 Å². The number of amides is 1. The second-order valence-corrected chi connectivity index (χ2v) is 7.15. The normalized spacial score (nSPS) is 20.8. The fourth-order valence-electron chi connectivity index (χ4n) is 2.54. The first kappa shape index (κ1) is 17.9. The van der Waals surface area contributed by atoms with Crippen LogP contribution >= 0.6 is 11.8 Å². The molecule has 126 valence electrons. The standard InChI is InChI=1S/C18H25NO3S/c1-4-5-11-22-18(21)15-12-23-17(14-9-7-6-8-10-14)19(15)16(20)13(2)3/h6-10,13,15,17H,4-5,11-12H2,1-3H3. The number of carbonyl (C=O) groups excluding carboxylic acids is 2. The van der Waals surface area contributed by atoms with Crippen LogP contribution in [0.4, 0.5) is 0 Å². The lowest BCUT2D eigenvalue weighted by Crippen LogP contribution is -2.45. The van der Waals surface area contributed by atoms with Crippen LogP contribution in [0.25, 0.3) is 0 Å². The monoisotopic (exact) mass is 335 g/mol. The lowest BCUT2D eigenvalue weighted by atomic mass is 10.1. The van der Waals surface area contributed by atoms with Crippen molar-refractivity contribution < 1.29 is 14.3 Å². The van der Waals surface area contributed by atoms with Gasteiger partial charge >= 0.3 is 5.97 Å². The van der Waals surface area contributed by atoms with E-state index in [4.69, 9.17) is 4.74 Å². The van der Waals surface area contributed by atoms with Gasteiger partial charge in [-0.25, -0.2) is 4.79 Å². The maximum Gasteiger partial charge on any atom is 0.329 e. The Balaban J connectivity index is 2.19. The van der Waals surface area contributed by atoms with Crippen molar-refractivity contribution in [3.05, 3.63) is 35.9 Å². The van der Waals surface area contributed by atoms with Gasteiger partial charge in [0.15, 0.2) is 0 Å². The third-order valence-corrected chi connectivity index (χ3v) is 5.17. The summed E-state index contributed by atoms with van der Waals surface area (Å²) >= 11 is 1.63. The van der Waals surface area contributed by atoms with Crippen molar-refractivity contribution in [2.24, 2.45) is 5.92 Å². The maximum absolute atomic E-state index is 12.7. The molecule has 0 saturated carbocycles. The van der Waals surface area contributed by atoms with E-state index in [1.165, 1.54) is 0 Å². The van der Waals surface area contributed by atoms with Gasteiger partial charge in [0.2, 0.25) is 5.91 Å². The van der Waals surface area contributed by atoms with E-state index in [-0.39, 0.29) is 23.2 Å². The van der Waals surface area contributed by atoms with Gasteiger partial charge in [-0.3, -0.25) is 4.79 Å². The molecule has 1 amide bonds. The molecule has 2 rings (SSSR count). The van der Waals surface area contributed by atoms with Gasteiger partial charge < -0.3 is 9.64 Å². The van der Waals surface area contributed by atoms with Gasteiger partial charge in [0, 0.05) is 11.7 Å². The zero-order chi connectivity index (χ0) is 16.8. The number of thioether (sulfide) groups is 1. The number of esters is 1. The third kappa shape index (κ3) is 4.28. The Bertz CT molecular complexity index is 532. The summed E-state index contributed by atoms with van der Waals surface area (Å²) in [6.45, 7) is 6.22. The first-order chi connectivity index (χ1) is 11.1. The molecule has 1 aromatic rings. The Labute approximate surface area is 142 Å². The molecule has 1 saturated heterocycles. The van der Waals surface area contributed by atoms with E-state index in [0.29, 0.717) is 12.4 Å². The summed E-state index contributed by atoms with van der Waals surface area (Å²) < 4.78 is 5.36. The van der Waals surface area contributed by atoms with E-state index in [9.17, 15) is 9.59 Å². The van der Waals surface area contributed by atoms with Crippen molar-refractivity contribution in [2.75, 3.05) is 12.4 Å².